The summed E-state index contributed by atoms with van der Waals surface area (Å²) in [5.74, 6) is 0.501. The Labute approximate surface area is 399 Å². The topological polar surface area (TPSA) is 130 Å². The van der Waals surface area contributed by atoms with Crippen LogP contribution >= 0.6 is 0 Å². The van der Waals surface area contributed by atoms with E-state index in [4.69, 9.17) is 28.4 Å². The van der Waals surface area contributed by atoms with Crippen molar-refractivity contribution in [3.63, 3.8) is 0 Å². The average molecular weight is 927 g/mol. The first-order valence-corrected chi connectivity index (χ1v) is 26.9. The van der Waals surface area contributed by atoms with Crippen LogP contribution in [0.3, 0.4) is 0 Å². The summed E-state index contributed by atoms with van der Waals surface area (Å²) >= 11 is 0. The molecule has 0 aliphatic carbocycles. The lowest BCUT2D eigenvalue weighted by atomic mass is 9.96. The largest absolute Gasteiger partial charge is 0.508 e. The molecule has 0 radical (unpaired) electrons. The van der Waals surface area contributed by atoms with E-state index in [-0.39, 0.29) is 37.4 Å². The standard InChI is InChI=1S/C53H102N2O10/c1-9-16-22-28-46(29-23-17-10-2)44-62-50(56)36-26-34-48(32-20-13-5)64-52(58)60-42-40-55(39-38-54(8)15-7)41-43-61-53(59)65-49(33-21-14-6)35-27-37-51(57)63-45-47(30-24-18-11-3)31-25-19-12-4/h46-49H,9-45H2,1-8H3. The third-order valence-electron chi connectivity index (χ3n) is 12.5. The molecule has 0 aromatic rings. The molecule has 0 heterocycles. The highest BCUT2D eigenvalue weighted by atomic mass is 16.7. The van der Waals surface area contributed by atoms with Crippen LogP contribution in [0.25, 0.3) is 0 Å². The molecule has 0 bridgehead atoms. The van der Waals surface area contributed by atoms with Crippen molar-refractivity contribution in [2.75, 3.05) is 66.2 Å². The first-order chi connectivity index (χ1) is 31.5. The number of rotatable bonds is 46. The number of nitrogens with zero attached hydrogens (tertiary/aromatic N) is 2. The molecule has 0 saturated heterocycles. The third kappa shape index (κ3) is 39.1. The molecule has 0 fully saturated rings. The minimum absolute atomic E-state index is 0.128. The normalized spacial score (nSPS) is 12.5. The Morgan fingerprint density at radius 3 is 1.09 bits per heavy atom. The number of unbranched alkanes of at least 4 members (excludes halogenated alkanes) is 10. The van der Waals surface area contributed by atoms with Crippen molar-refractivity contribution in [1.82, 2.24) is 9.80 Å². The summed E-state index contributed by atoms with van der Waals surface area (Å²) in [6, 6.07) is 0. The fraction of sp³-hybridized carbons (Fsp3) is 0.925. The molecular weight excluding hydrogens is 825 g/mol. The molecule has 0 aromatic carbocycles. The Bertz CT molecular complexity index is 1030. The van der Waals surface area contributed by atoms with Crippen molar-refractivity contribution in [2.45, 2.75) is 240 Å². The van der Waals surface area contributed by atoms with Crippen LogP contribution in [0, 0.1) is 11.8 Å². The molecule has 384 valence electrons. The van der Waals surface area contributed by atoms with E-state index in [1.165, 1.54) is 77.0 Å². The number of hydrogen-bond acceptors (Lipinski definition) is 12. The predicted molar refractivity (Wildman–Crippen MR) is 264 cm³/mol. The zero-order valence-electron chi connectivity index (χ0n) is 43.4. The summed E-state index contributed by atoms with van der Waals surface area (Å²) in [7, 11) is 2.05. The smallest absolute Gasteiger partial charge is 0.465 e. The summed E-state index contributed by atoms with van der Waals surface area (Å²) in [6.07, 6.45) is 24.8. The van der Waals surface area contributed by atoms with E-state index < -0.39 is 12.3 Å². The Hall–Kier alpha value is -2.60. The van der Waals surface area contributed by atoms with Gasteiger partial charge in [-0.15, -0.1) is 0 Å². The highest BCUT2D eigenvalue weighted by Crippen LogP contribution is 2.21. The van der Waals surface area contributed by atoms with E-state index in [2.05, 4.69) is 58.3 Å². The van der Waals surface area contributed by atoms with Gasteiger partial charge in [-0.25, -0.2) is 9.59 Å². The van der Waals surface area contributed by atoms with Crippen LogP contribution < -0.4 is 0 Å². The molecule has 0 amide bonds. The second kappa shape index (κ2) is 45.2. The minimum Gasteiger partial charge on any atom is -0.465 e. The lowest BCUT2D eigenvalue weighted by Gasteiger charge is -2.25. The van der Waals surface area contributed by atoms with E-state index in [0.29, 0.717) is 96.1 Å². The van der Waals surface area contributed by atoms with Crippen LogP contribution in [0.1, 0.15) is 228 Å². The molecule has 2 unspecified atom stereocenters. The molecule has 0 saturated carbocycles. The van der Waals surface area contributed by atoms with Crippen LogP contribution in [-0.4, -0.2) is 112 Å². The van der Waals surface area contributed by atoms with Gasteiger partial charge in [0.25, 0.3) is 0 Å². The van der Waals surface area contributed by atoms with E-state index >= 15 is 0 Å². The fourth-order valence-corrected chi connectivity index (χ4v) is 7.92. The van der Waals surface area contributed by atoms with Gasteiger partial charge < -0.3 is 33.3 Å². The first-order valence-electron chi connectivity index (χ1n) is 26.9. The van der Waals surface area contributed by atoms with Crippen LogP contribution in [0.4, 0.5) is 9.59 Å². The van der Waals surface area contributed by atoms with E-state index in [1.807, 2.05) is 7.05 Å². The average Bonchev–Trinajstić information content (AvgIpc) is 3.29. The molecule has 65 heavy (non-hydrogen) atoms. The van der Waals surface area contributed by atoms with Crippen LogP contribution in [0.5, 0.6) is 0 Å². The number of hydrogen-bond donors (Lipinski definition) is 0. The van der Waals surface area contributed by atoms with Gasteiger partial charge in [0, 0.05) is 39.0 Å². The second-order valence-electron chi connectivity index (χ2n) is 18.6. The number of esters is 2. The van der Waals surface area contributed by atoms with Crippen molar-refractivity contribution in [3.8, 4) is 0 Å². The van der Waals surface area contributed by atoms with Crippen molar-refractivity contribution in [3.05, 3.63) is 0 Å². The lowest BCUT2D eigenvalue weighted by molar-refractivity contribution is -0.146. The monoisotopic (exact) mass is 927 g/mol. The van der Waals surface area contributed by atoms with Gasteiger partial charge in [-0.05, 0) is 89.6 Å². The maximum Gasteiger partial charge on any atom is 0.508 e. The molecular formula is C53H102N2O10. The fourth-order valence-electron chi connectivity index (χ4n) is 7.92. The van der Waals surface area contributed by atoms with Crippen molar-refractivity contribution >= 4 is 24.2 Å². The molecule has 12 nitrogen and oxygen atoms in total. The number of carbonyl (C=O) groups excluding carboxylic acids is 4. The van der Waals surface area contributed by atoms with Gasteiger partial charge in [0.05, 0.1) is 13.2 Å². The zero-order chi connectivity index (χ0) is 48.2. The number of ether oxygens (including phenoxy) is 6. The Morgan fingerprint density at radius 2 is 0.754 bits per heavy atom. The van der Waals surface area contributed by atoms with Crippen molar-refractivity contribution in [2.24, 2.45) is 11.8 Å². The SMILES string of the molecule is CCCCCC(CCCCC)COC(=O)CCCC(CCCC)OC(=O)OCCN(CCOC(=O)OC(CCCC)CCCC(=O)OCC(CCCCC)CCCCC)CCN(C)CC. The van der Waals surface area contributed by atoms with Gasteiger partial charge in [-0.2, -0.15) is 0 Å². The maximum atomic E-state index is 12.9. The van der Waals surface area contributed by atoms with Gasteiger partial charge in [0.15, 0.2) is 0 Å². The van der Waals surface area contributed by atoms with Crippen LogP contribution in [0.2, 0.25) is 0 Å². The van der Waals surface area contributed by atoms with E-state index in [1.54, 1.807) is 0 Å². The summed E-state index contributed by atoms with van der Waals surface area (Å²) in [4.78, 5) is 55.4. The lowest BCUT2D eigenvalue weighted by Crippen LogP contribution is -2.38. The number of likely N-dealkylation sites (N-methyl/N-ethyl adjacent to an activating group) is 1. The first kappa shape index (κ1) is 62.4. The Balaban J connectivity index is 4.96. The predicted octanol–water partition coefficient (Wildman–Crippen LogP) is 13.6. The summed E-state index contributed by atoms with van der Waals surface area (Å²) in [5, 5.41) is 0. The molecule has 0 aromatic heterocycles. The molecule has 0 rings (SSSR count). The van der Waals surface area contributed by atoms with Gasteiger partial charge in [0.2, 0.25) is 0 Å². The highest BCUT2D eigenvalue weighted by molar-refractivity contribution is 5.69. The molecule has 0 aliphatic rings. The van der Waals surface area contributed by atoms with Gasteiger partial charge in [-0.3, -0.25) is 14.5 Å². The quantitative estimate of drug-likeness (QED) is 0.0327. The van der Waals surface area contributed by atoms with E-state index in [9.17, 15) is 19.2 Å². The van der Waals surface area contributed by atoms with Gasteiger partial charge in [-0.1, -0.05) is 151 Å². The maximum absolute atomic E-state index is 12.9. The number of carbonyl (C=O) groups is 4. The summed E-state index contributed by atoms with van der Waals surface area (Å²) < 4.78 is 34.1. The molecule has 0 aliphatic heterocycles. The summed E-state index contributed by atoms with van der Waals surface area (Å²) in [6.45, 7) is 19.7. The Morgan fingerprint density at radius 1 is 0.400 bits per heavy atom. The highest BCUT2D eigenvalue weighted by Gasteiger charge is 2.20. The summed E-state index contributed by atoms with van der Waals surface area (Å²) in [5.41, 5.74) is 0. The van der Waals surface area contributed by atoms with E-state index in [0.717, 1.165) is 64.5 Å². The molecule has 0 N–H and O–H groups in total. The molecule has 0 spiro atoms. The van der Waals surface area contributed by atoms with Gasteiger partial charge >= 0.3 is 24.2 Å². The van der Waals surface area contributed by atoms with Crippen LogP contribution in [0.15, 0.2) is 0 Å². The third-order valence-corrected chi connectivity index (χ3v) is 12.5. The minimum atomic E-state index is -0.707. The van der Waals surface area contributed by atoms with Crippen LogP contribution in [-0.2, 0) is 38.0 Å². The Kier molecular flexibility index (Phi) is 43.4. The van der Waals surface area contributed by atoms with Gasteiger partial charge in [0.1, 0.15) is 25.4 Å². The van der Waals surface area contributed by atoms with Crippen molar-refractivity contribution in [1.29, 1.82) is 0 Å². The molecule has 2 atom stereocenters. The second-order valence-corrected chi connectivity index (χ2v) is 18.6. The zero-order valence-corrected chi connectivity index (χ0v) is 43.4. The molecule has 12 heteroatoms. The van der Waals surface area contributed by atoms with Crippen molar-refractivity contribution < 1.29 is 47.6 Å².